The molecule has 0 radical (unpaired) electrons. The Labute approximate surface area is 165 Å². The highest BCUT2D eigenvalue weighted by Gasteiger charge is 2.26. The van der Waals surface area contributed by atoms with E-state index in [-0.39, 0.29) is 12.2 Å². The predicted molar refractivity (Wildman–Crippen MR) is 105 cm³/mol. The van der Waals surface area contributed by atoms with Crippen molar-refractivity contribution in [2.24, 2.45) is 5.92 Å². The average Bonchev–Trinajstić information content (AvgIpc) is 2.71. The predicted octanol–water partition coefficient (Wildman–Crippen LogP) is 6.02. The van der Waals surface area contributed by atoms with Crippen LogP contribution in [0.1, 0.15) is 50.0 Å². The molecular weight excluding hydrogens is 362 g/mol. The minimum absolute atomic E-state index is 0.0659. The number of rotatable bonds is 8. The van der Waals surface area contributed by atoms with Crippen molar-refractivity contribution in [2.75, 3.05) is 20.3 Å². The van der Waals surface area contributed by atoms with Gasteiger partial charge in [-0.3, -0.25) is 0 Å². The Kier molecular flexibility index (Phi) is 7.54. The third-order valence-corrected chi connectivity index (χ3v) is 5.14. The van der Waals surface area contributed by atoms with Gasteiger partial charge >= 0.3 is 0 Å². The third kappa shape index (κ3) is 4.96. The Morgan fingerprint density at radius 1 is 1.04 bits per heavy atom. The summed E-state index contributed by atoms with van der Waals surface area (Å²) in [6.45, 7) is 3.36. The lowest BCUT2D eigenvalue weighted by atomic mass is 9.97. The van der Waals surface area contributed by atoms with Gasteiger partial charge in [-0.2, -0.15) is 0 Å². The highest BCUT2D eigenvalue weighted by atomic mass is 19.1. The first-order chi connectivity index (χ1) is 13.6. The molecule has 0 spiro atoms. The van der Waals surface area contributed by atoms with Crippen molar-refractivity contribution in [3.8, 4) is 11.1 Å². The zero-order valence-corrected chi connectivity index (χ0v) is 16.5. The molecule has 3 nitrogen and oxygen atoms in total. The molecule has 1 fully saturated rings. The second-order valence-corrected chi connectivity index (χ2v) is 7.30. The molecule has 0 aromatic heterocycles. The maximum absolute atomic E-state index is 14.4. The maximum atomic E-state index is 14.4. The zero-order valence-electron chi connectivity index (χ0n) is 16.5. The van der Waals surface area contributed by atoms with E-state index >= 15 is 0 Å². The molecule has 5 heteroatoms. The summed E-state index contributed by atoms with van der Waals surface area (Å²) in [7, 11) is 1.41. The Morgan fingerprint density at radius 2 is 1.71 bits per heavy atom. The molecule has 0 amide bonds. The van der Waals surface area contributed by atoms with Crippen LogP contribution in [-0.4, -0.2) is 20.3 Å². The van der Waals surface area contributed by atoms with Gasteiger partial charge in [0.05, 0.1) is 19.8 Å². The molecule has 0 N–H and O–H groups in total. The van der Waals surface area contributed by atoms with Crippen LogP contribution in [0.2, 0.25) is 0 Å². The summed E-state index contributed by atoms with van der Waals surface area (Å²) in [5, 5.41) is 0. The van der Waals surface area contributed by atoms with Crippen molar-refractivity contribution in [3.05, 3.63) is 59.2 Å². The van der Waals surface area contributed by atoms with Gasteiger partial charge in [0.25, 0.3) is 0 Å². The van der Waals surface area contributed by atoms with E-state index in [4.69, 9.17) is 14.2 Å². The molecule has 0 aliphatic carbocycles. The van der Waals surface area contributed by atoms with E-state index in [2.05, 4.69) is 6.92 Å². The fourth-order valence-corrected chi connectivity index (χ4v) is 3.58. The molecule has 0 atom stereocenters. The first-order valence-electron chi connectivity index (χ1n) is 9.93. The smallest absolute Gasteiger partial charge is 0.184 e. The molecule has 1 aliphatic rings. The van der Waals surface area contributed by atoms with Crippen LogP contribution in [0.15, 0.2) is 36.4 Å². The summed E-state index contributed by atoms with van der Waals surface area (Å²) in [5.74, 6) is -0.834. The van der Waals surface area contributed by atoms with Gasteiger partial charge in [-0.15, -0.1) is 0 Å². The van der Waals surface area contributed by atoms with Crippen LogP contribution >= 0.6 is 0 Å². The van der Waals surface area contributed by atoms with E-state index in [0.717, 1.165) is 12.0 Å². The van der Waals surface area contributed by atoms with Crippen LogP contribution in [0.3, 0.4) is 0 Å². The lowest BCUT2D eigenvalue weighted by Gasteiger charge is -2.30. The molecular formula is C23H28F2O3. The Morgan fingerprint density at radius 3 is 2.36 bits per heavy atom. The number of benzene rings is 2. The molecule has 0 saturated carbocycles. The number of methoxy groups -OCH3 is 1. The van der Waals surface area contributed by atoms with E-state index in [9.17, 15) is 8.78 Å². The largest absolute Gasteiger partial charge is 0.380 e. The van der Waals surface area contributed by atoms with Gasteiger partial charge < -0.3 is 14.2 Å². The summed E-state index contributed by atoms with van der Waals surface area (Å²) in [6.07, 6.45) is 4.17. The highest BCUT2D eigenvalue weighted by Crippen LogP contribution is 2.35. The molecule has 2 aromatic rings. The molecule has 0 unspecified atom stereocenters. The van der Waals surface area contributed by atoms with E-state index in [1.165, 1.54) is 38.5 Å². The second-order valence-electron chi connectivity index (χ2n) is 7.30. The lowest BCUT2D eigenvalue weighted by Crippen LogP contribution is -2.27. The van der Waals surface area contributed by atoms with Crippen molar-refractivity contribution in [1.82, 2.24) is 0 Å². The van der Waals surface area contributed by atoms with E-state index < -0.39 is 17.9 Å². The van der Waals surface area contributed by atoms with Gasteiger partial charge in [-0.25, -0.2) is 8.78 Å². The Balaban J connectivity index is 1.78. The van der Waals surface area contributed by atoms with Gasteiger partial charge in [-0.1, -0.05) is 50.5 Å². The SMILES string of the molecule is CCCCC[C@H]1CO[C@H](c2ccccc2-c2cc(F)c(COC)c(F)c2)OC1. The van der Waals surface area contributed by atoms with Crippen molar-refractivity contribution >= 4 is 0 Å². The van der Waals surface area contributed by atoms with Crippen LogP contribution in [0.4, 0.5) is 8.78 Å². The topological polar surface area (TPSA) is 27.7 Å². The van der Waals surface area contributed by atoms with Crippen LogP contribution in [0.25, 0.3) is 11.1 Å². The van der Waals surface area contributed by atoms with Crippen LogP contribution in [-0.2, 0) is 20.8 Å². The summed E-state index contributed by atoms with van der Waals surface area (Å²) in [4.78, 5) is 0. The minimum Gasteiger partial charge on any atom is -0.380 e. The van der Waals surface area contributed by atoms with E-state index in [0.29, 0.717) is 30.3 Å². The van der Waals surface area contributed by atoms with Crippen molar-refractivity contribution < 1.29 is 23.0 Å². The average molecular weight is 390 g/mol. The Hall–Kier alpha value is -1.82. The van der Waals surface area contributed by atoms with Gasteiger partial charge in [0.15, 0.2) is 6.29 Å². The summed E-state index contributed by atoms with van der Waals surface area (Å²) in [6, 6.07) is 10.1. The first-order valence-corrected chi connectivity index (χ1v) is 9.93. The molecule has 1 aliphatic heterocycles. The summed E-state index contributed by atoms with van der Waals surface area (Å²) >= 11 is 0. The number of hydrogen-bond donors (Lipinski definition) is 0. The van der Waals surface area contributed by atoms with Crippen LogP contribution < -0.4 is 0 Å². The van der Waals surface area contributed by atoms with Crippen molar-refractivity contribution in [1.29, 1.82) is 0 Å². The van der Waals surface area contributed by atoms with E-state index in [1.807, 2.05) is 24.3 Å². The van der Waals surface area contributed by atoms with Gasteiger partial charge in [-0.05, 0) is 29.7 Å². The Bertz CT molecular complexity index is 747. The fourth-order valence-electron chi connectivity index (χ4n) is 3.58. The molecule has 1 saturated heterocycles. The first kappa shape index (κ1) is 20.9. The third-order valence-electron chi connectivity index (χ3n) is 5.14. The second kappa shape index (κ2) is 10.1. The number of hydrogen-bond acceptors (Lipinski definition) is 3. The normalized spacial score (nSPS) is 19.7. The van der Waals surface area contributed by atoms with Crippen molar-refractivity contribution in [3.63, 3.8) is 0 Å². The van der Waals surface area contributed by atoms with Gasteiger partial charge in [0.2, 0.25) is 0 Å². The summed E-state index contributed by atoms with van der Waals surface area (Å²) in [5.41, 5.74) is 1.89. The number of halogens is 2. The molecule has 152 valence electrons. The van der Waals surface area contributed by atoms with Gasteiger partial charge in [0.1, 0.15) is 11.6 Å². The minimum atomic E-state index is -0.617. The zero-order chi connectivity index (χ0) is 19.9. The van der Waals surface area contributed by atoms with Crippen LogP contribution in [0.5, 0.6) is 0 Å². The summed E-state index contributed by atoms with van der Waals surface area (Å²) < 4.78 is 45.6. The molecule has 1 heterocycles. The maximum Gasteiger partial charge on any atom is 0.184 e. The van der Waals surface area contributed by atoms with Gasteiger partial charge in [0, 0.05) is 24.2 Å². The molecule has 0 bridgehead atoms. The van der Waals surface area contributed by atoms with Crippen LogP contribution in [0, 0.1) is 17.6 Å². The lowest BCUT2D eigenvalue weighted by molar-refractivity contribution is -0.205. The number of unbranched alkanes of at least 4 members (excludes halogenated alkanes) is 2. The quantitative estimate of drug-likeness (QED) is 0.516. The highest BCUT2D eigenvalue weighted by molar-refractivity contribution is 5.68. The number of ether oxygens (including phenoxy) is 3. The molecule has 2 aromatic carbocycles. The fraction of sp³-hybridized carbons (Fsp3) is 0.478. The van der Waals surface area contributed by atoms with Crippen molar-refractivity contribution in [2.45, 2.75) is 45.5 Å². The molecule has 3 rings (SSSR count). The monoisotopic (exact) mass is 390 g/mol. The molecule has 28 heavy (non-hydrogen) atoms. The standard InChI is InChI=1S/C23H28F2O3/c1-3-4-5-8-16-13-27-23(28-14-16)19-10-7-6-9-18(19)17-11-21(24)20(15-26-2)22(25)12-17/h6-7,9-12,16,23H,3-5,8,13-15H2,1-2H3/t16-,23-. The van der Waals surface area contributed by atoms with E-state index in [1.54, 1.807) is 0 Å².